The predicted octanol–water partition coefficient (Wildman–Crippen LogP) is 0.807. The molecule has 0 saturated carbocycles. The molecule has 2 N–H and O–H groups in total. The molecule has 0 fully saturated rings. The normalized spacial score (nSPS) is 10.4. The van der Waals surface area contributed by atoms with E-state index in [2.05, 4.69) is 0 Å². The van der Waals surface area contributed by atoms with Gasteiger partial charge in [-0.2, -0.15) is 0 Å². The van der Waals surface area contributed by atoms with E-state index in [0.29, 0.717) is 12.2 Å². The highest BCUT2D eigenvalue weighted by Crippen LogP contribution is 2.07. The second-order valence-electron chi connectivity index (χ2n) is 4.43. The maximum Gasteiger partial charge on any atom is 0.323 e. The van der Waals surface area contributed by atoms with Crippen molar-refractivity contribution in [3.63, 3.8) is 0 Å². The summed E-state index contributed by atoms with van der Waals surface area (Å²) in [5, 5.41) is 17.4. The standard InChI is InChI=1S/C13H20N2O4/c1-14(7-3-2-4-9-16)13(19)11-6-5-8-15(11)10-12(17)18/h5-6,8,16H,2-4,7,9-10H2,1H3,(H,17,18). The summed E-state index contributed by atoms with van der Waals surface area (Å²) < 4.78 is 1.43. The molecule has 106 valence electrons. The van der Waals surface area contributed by atoms with E-state index in [-0.39, 0.29) is 19.1 Å². The van der Waals surface area contributed by atoms with Crippen LogP contribution in [0.2, 0.25) is 0 Å². The highest BCUT2D eigenvalue weighted by Gasteiger charge is 2.16. The van der Waals surface area contributed by atoms with Crippen molar-refractivity contribution in [2.75, 3.05) is 20.2 Å². The van der Waals surface area contributed by atoms with Gasteiger partial charge in [0.1, 0.15) is 12.2 Å². The fraction of sp³-hybridized carbons (Fsp3) is 0.538. The number of unbranched alkanes of at least 4 members (excludes halogenated alkanes) is 2. The Bertz CT molecular complexity index is 428. The molecule has 0 bridgehead atoms. The number of aliphatic hydroxyl groups is 1. The molecule has 0 aliphatic heterocycles. The number of nitrogens with zero attached hydrogens (tertiary/aromatic N) is 2. The van der Waals surface area contributed by atoms with Crippen LogP contribution in [0.15, 0.2) is 18.3 Å². The number of hydrogen-bond acceptors (Lipinski definition) is 3. The van der Waals surface area contributed by atoms with Gasteiger partial charge in [-0.05, 0) is 31.4 Å². The number of carbonyl (C=O) groups is 2. The van der Waals surface area contributed by atoms with Gasteiger partial charge in [-0.3, -0.25) is 9.59 Å². The third-order valence-electron chi connectivity index (χ3n) is 2.85. The van der Waals surface area contributed by atoms with Crippen LogP contribution in [0, 0.1) is 0 Å². The quantitative estimate of drug-likeness (QED) is 0.683. The van der Waals surface area contributed by atoms with Gasteiger partial charge < -0.3 is 19.7 Å². The molecule has 1 aromatic rings. The number of rotatable bonds is 8. The monoisotopic (exact) mass is 268 g/mol. The first-order valence-electron chi connectivity index (χ1n) is 6.29. The maximum absolute atomic E-state index is 12.1. The Kier molecular flexibility index (Phi) is 6.08. The summed E-state index contributed by atoms with van der Waals surface area (Å²) in [5.41, 5.74) is 0.382. The second-order valence-corrected chi connectivity index (χ2v) is 4.43. The molecule has 6 heteroatoms. The molecule has 1 aromatic heterocycles. The van der Waals surface area contributed by atoms with Gasteiger partial charge in [0, 0.05) is 26.4 Å². The van der Waals surface area contributed by atoms with Crippen molar-refractivity contribution in [2.45, 2.75) is 25.8 Å². The molecule has 19 heavy (non-hydrogen) atoms. The van der Waals surface area contributed by atoms with Crippen molar-refractivity contribution in [3.05, 3.63) is 24.0 Å². The van der Waals surface area contributed by atoms with E-state index in [0.717, 1.165) is 19.3 Å². The van der Waals surface area contributed by atoms with Crippen molar-refractivity contribution in [1.82, 2.24) is 9.47 Å². The van der Waals surface area contributed by atoms with Crippen LogP contribution in [-0.4, -0.2) is 51.8 Å². The first-order valence-corrected chi connectivity index (χ1v) is 6.29. The third-order valence-corrected chi connectivity index (χ3v) is 2.85. The van der Waals surface area contributed by atoms with Gasteiger partial charge in [0.15, 0.2) is 0 Å². The molecule has 0 aliphatic carbocycles. The summed E-state index contributed by atoms with van der Waals surface area (Å²) in [7, 11) is 1.69. The van der Waals surface area contributed by atoms with Crippen molar-refractivity contribution in [2.24, 2.45) is 0 Å². The highest BCUT2D eigenvalue weighted by molar-refractivity contribution is 5.93. The summed E-state index contributed by atoms with van der Waals surface area (Å²) in [5.74, 6) is -1.16. The summed E-state index contributed by atoms with van der Waals surface area (Å²) in [6.07, 6.45) is 4.01. The summed E-state index contributed by atoms with van der Waals surface area (Å²) in [6.45, 7) is 0.544. The van der Waals surface area contributed by atoms with Crippen LogP contribution in [-0.2, 0) is 11.3 Å². The Labute approximate surface area is 112 Å². The third kappa shape index (κ3) is 4.75. The van der Waals surface area contributed by atoms with E-state index < -0.39 is 5.97 Å². The first kappa shape index (κ1) is 15.2. The Morgan fingerprint density at radius 1 is 1.32 bits per heavy atom. The number of carboxylic acids is 1. The van der Waals surface area contributed by atoms with E-state index >= 15 is 0 Å². The molecular formula is C13H20N2O4. The van der Waals surface area contributed by atoms with E-state index in [1.165, 1.54) is 4.57 Å². The van der Waals surface area contributed by atoms with Gasteiger partial charge in [0.25, 0.3) is 5.91 Å². The zero-order valence-electron chi connectivity index (χ0n) is 11.1. The molecule has 6 nitrogen and oxygen atoms in total. The first-order chi connectivity index (χ1) is 9.06. The van der Waals surface area contributed by atoms with E-state index in [4.69, 9.17) is 10.2 Å². The number of aliphatic hydroxyl groups excluding tert-OH is 1. The number of carbonyl (C=O) groups excluding carboxylic acids is 1. The van der Waals surface area contributed by atoms with Gasteiger partial charge in [-0.25, -0.2) is 0 Å². The Morgan fingerprint density at radius 2 is 2.05 bits per heavy atom. The van der Waals surface area contributed by atoms with Crippen LogP contribution in [0.25, 0.3) is 0 Å². The van der Waals surface area contributed by atoms with Crippen LogP contribution in [0.5, 0.6) is 0 Å². The van der Waals surface area contributed by atoms with Crippen molar-refractivity contribution >= 4 is 11.9 Å². The van der Waals surface area contributed by atoms with E-state index in [1.54, 1.807) is 30.3 Å². The molecule has 0 radical (unpaired) electrons. The van der Waals surface area contributed by atoms with Gasteiger partial charge in [0.2, 0.25) is 0 Å². The van der Waals surface area contributed by atoms with Crippen LogP contribution < -0.4 is 0 Å². The van der Waals surface area contributed by atoms with Crippen molar-refractivity contribution < 1.29 is 19.8 Å². The molecule has 0 unspecified atom stereocenters. The number of aliphatic carboxylic acids is 1. The number of hydrogen-bond donors (Lipinski definition) is 2. The highest BCUT2D eigenvalue weighted by atomic mass is 16.4. The van der Waals surface area contributed by atoms with E-state index in [9.17, 15) is 9.59 Å². The van der Waals surface area contributed by atoms with Crippen LogP contribution in [0.4, 0.5) is 0 Å². The lowest BCUT2D eigenvalue weighted by Crippen LogP contribution is -2.30. The average Bonchev–Trinajstić information content (AvgIpc) is 2.80. The number of aromatic nitrogens is 1. The smallest absolute Gasteiger partial charge is 0.323 e. The Balaban J connectivity index is 2.56. The van der Waals surface area contributed by atoms with Gasteiger partial charge >= 0.3 is 5.97 Å². The van der Waals surface area contributed by atoms with Crippen LogP contribution in [0.1, 0.15) is 29.8 Å². The zero-order valence-corrected chi connectivity index (χ0v) is 11.1. The van der Waals surface area contributed by atoms with Crippen molar-refractivity contribution in [3.8, 4) is 0 Å². The topological polar surface area (TPSA) is 82.8 Å². The number of carboxylic acid groups (broad SMARTS) is 1. The molecule has 0 saturated heterocycles. The van der Waals surface area contributed by atoms with E-state index in [1.807, 2.05) is 0 Å². The van der Waals surface area contributed by atoms with Crippen LogP contribution in [0.3, 0.4) is 0 Å². The lowest BCUT2D eigenvalue weighted by atomic mass is 10.2. The molecular weight excluding hydrogens is 248 g/mol. The maximum atomic E-state index is 12.1. The zero-order chi connectivity index (χ0) is 14.3. The molecule has 1 amide bonds. The Hall–Kier alpha value is -1.82. The number of amides is 1. The molecule has 0 aromatic carbocycles. The summed E-state index contributed by atoms with van der Waals surface area (Å²) in [6, 6.07) is 3.28. The van der Waals surface area contributed by atoms with Crippen molar-refractivity contribution in [1.29, 1.82) is 0 Å². The predicted molar refractivity (Wildman–Crippen MR) is 70.0 cm³/mol. The molecule has 0 spiro atoms. The summed E-state index contributed by atoms with van der Waals surface area (Å²) >= 11 is 0. The lowest BCUT2D eigenvalue weighted by molar-refractivity contribution is -0.137. The molecule has 0 atom stereocenters. The summed E-state index contributed by atoms with van der Waals surface area (Å²) in [4.78, 5) is 24.4. The minimum Gasteiger partial charge on any atom is -0.480 e. The van der Waals surface area contributed by atoms with Gasteiger partial charge in [-0.1, -0.05) is 0 Å². The van der Waals surface area contributed by atoms with Gasteiger partial charge in [-0.15, -0.1) is 0 Å². The largest absolute Gasteiger partial charge is 0.480 e. The minimum atomic E-state index is -0.976. The fourth-order valence-electron chi connectivity index (χ4n) is 1.83. The second kappa shape index (κ2) is 7.58. The fourth-order valence-corrected chi connectivity index (χ4v) is 1.83. The average molecular weight is 268 g/mol. The van der Waals surface area contributed by atoms with Crippen LogP contribution >= 0.6 is 0 Å². The molecule has 1 heterocycles. The SMILES string of the molecule is CN(CCCCCO)C(=O)c1cccn1CC(=O)O. The van der Waals surface area contributed by atoms with Gasteiger partial charge in [0.05, 0.1) is 0 Å². The lowest BCUT2D eigenvalue weighted by Gasteiger charge is -2.17. The minimum absolute atomic E-state index is 0.166. The molecule has 0 aliphatic rings. The molecule has 1 rings (SSSR count). The Morgan fingerprint density at radius 3 is 2.68 bits per heavy atom.